The molecule has 232 valence electrons. The molecule has 0 nitrogen and oxygen atoms in total. The summed E-state index contributed by atoms with van der Waals surface area (Å²) in [6, 6.07) is 0. The third-order valence-electron chi connectivity index (χ3n) is 9.03. The van der Waals surface area contributed by atoms with Gasteiger partial charge in [-0.15, -0.1) is 22.7 Å². The van der Waals surface area contributed by atoms with Crippen LogP contribution in [0.15, 0.2) is 10.8 Å². The minimum absolute atomic E-state index is 1.30. The van der Waals surface area contributed by atoms with Crippen LogP contribution in [-0.4, -0.2) is 0 Å². The maximum Gasteiger partial charge on any atom is 0.0485 e. The van der Waals surface area contributed by atoms with Gasteiger partial charge in [0, 0.05) is 9.40 Å². The summed E-state index contributed by atoms with van der Waals surface area (Å²) in [5.41, 5.74) is 3.30. The second-order valence-corrected chi connectivity index (χ2v) is 14.6. The van der Waals surface area contributed by atoms with Gasteiger partial charge in [-0.3, -0.25) is 0 Å². The molecule has 0 aliphatic heterocycles. The third-order valence-corrected chi connectivity index (χ3v) is 11.4. The third kappa shape index (κ3) is 17.6. The van der Waals surface area contributed by atoms with Crippen LogP contribution in [0.2, 0.25) is 0 Å². The predicted octanol–water partition coefficient (Wildman–Crippen LogP) is 15.0. The molecule has 0 bridgehead atoms. The van der Waals surface area contributed by atoms with E-state index in [1.807, 2.05) is 22.7 Å². The molecule has 0 fully saturated rings. The largest absolute Gasteiger partial charge is 0.142 e. The first-order valence-corrected chi connectivity index (χ1v) is 20.1. The van der Waals surface area contributed by atoms with Crippen LogP contribution in [0.3, 0.4) is 0 Å². The van der Waals surface area contributed by atoms with Crippen molar-refractivity contribution in [2.75, 3.05) is 0 Å². The summed E-state index contributed by atoms with van der Waals surface area (Å²) in [6.07, 6.45) is 43.1. The summed E-state index contributed by atoms with van der Waals surface area (Å²) < 4.78 is 3.25. The first kappa shape index (κ1) is 35.9. The number of thiophene rings is 2. The zero-order valence-corrected chi connectivity index (χ0v) is 28.8. The smallest absolute Gasteiger partial charge is 0.0485 e. The van der Waals surface area contributed by atoms with Crippen molar-refractivity contribution in [2.45, 2.75) is 206 Å². The van der Waals surface area contributed by atoms with Crippen molar-refractivity contribution in [3.05, 3.63) is 21.9 Å². The normalized spacial score (nSPS) is 11.8. The summed E-state index contributed by atoms with van der Waals surface area (Å²) in [5.74, 6) is 0. The van der Waals surface area contributed by atoms with Gasteiger partial charge in [-0.1, -0.05) is 181 Å². The highest BCUT2D eigenvalue weighted by Crippen LogP contribution is 2.36. The van der Waals surface area contributed by atoms with Crippen LogP contribution >= 0.6 is 22.7 Å². The van der Waals surface area contributed by atoms with E-state index in [0.29, 0.717) is 0 Å². The minimum atomic E-state index is 1.30. The molecule has 0 N–H and O–H groups in total. The lowest BCUT2D eigenvalue weighted by atomic mass is 10.0. The molecule has 0 atom stereocenters. The molecule has 0 saturated carbocycles. The molecule has 0 unspecified atom stereocenters. The minimum Gasteiger partial charge on any atom is -0.142 e. The number of aryl methyl sites for hydroxylation is 2. The Morgan fingerprint density at radius 2 is 0.550 bits per heavy atom. The van der Waals surface area contributed by atoms with E-state index in [9.17, 15) is 0 Å². The van der Waals surface area contributed by atoms with Crippen molar-refractivity contribution in [3.63, 3.8) is 0 Å². The van der Waals surface area contributed by atoms with Crippen molar-refractivity contribution < 1.29 is 0 Å². The summed E-state index contributed by atoms with van der Waals surface area (Å²) >= 11 is 4.06. The predicted molar refractivity (Wildman–Crippen MR) is 188 cm³/mol. The van der Waals surface area contributed by atoms with Gasteiger partial charge >= 0.3 is 0 Å². The van der Waals surface area contributed by atoms with E-state index in [4.69, 9.17) is 0 Å². The molecular weight excluding hydrogens is 521 g/mol. The molecule has 0 aliphatic carbocycles. The lowest BCUT2D eigenvalue weighted by Crippen LogP contribution is -1.86. The Bertz CT molecular complexity index is 719. The summed E-state index contributed by atoms with van der Waals surface area (Å²) in [5, 5.41) is 4.97. The number of hydrogen-bond donors (Lipinski definition) is 0. The first-order valence-electron chi connectivity index (χ1n) is 18.3. The number of unbranched alkanes of at least 4 members (excludes halogenated alkanes) is 26. The van der Waals surface area contributed by atoms with Gasteiger partial charge in [-0.05, 0) is 47.6 Å². The van der Waals surface area contributed by atoms with Crippen molar-refractivity contribution in [1.29, 1.82) is 0 Å². The van der Waals surface area contributed by atoms with Crippen LogP contribution in [0.5, 0.6) is 0 Å². The Labute approximate surface area is 259 Å². The molecule has 2 aromatic heterocycles. The van der Waals surface area contributed by atoms with Crippen molar-refractivity contribution in [1.82, 2.24) is 0 Å². The second-order valence-electron chi connectivity index (χ2n) is 12.9. The zero-order chi connectivity index (χ0) is 28.4. The van der Waals surface area contributed by atoms with E-state index in [1.54, 1.807) is 20.5 Å². The summed E-state index contributed by atoms with van der Waals surface area (Å²) in [4.78, 5) is 0. The fraction of sp³-hybridized carbons (Fsp3) is 0.842. The molecule has 0 spiro atoms. The number of hydrogen-bond acceptors (Lipinski definition) is 2. The highest BCUT2D eigenvalue weighted by atomic mass is 32.1. The lowest BCUT2D eigenvalue weighted by Gasteiger charge is -2.03. The molecule has 2 heteroatoms. The second kappa shape index (κ2) is 26.3. The topological polar surface area (TPSA) is 0 Å². The van der Waals surface area contributed by atoms with E-state index in [1.165, 1.54) is 193 Å². The van der Waals surface area contributed by atoms with Gasteiger partial charge in [-0.2, -0.15) is 0 Å². The van der Waals surface area contributed by atoms with Crippen LogP contribution in [0.1, 0.15) is 205 Å². The average Bonchev–Trinajstić information content (AvgIpc) is 3.56. The van der Waals surface area contributed by atoms with Crippen LogP contribution in [0.25, 0.3) is 9.40 Å². The van der Waals surface area contributed by atoms with Crippen molar-refractivity contribution >= 4 is 32.1 Å². The molecular formula is C38H68S2. The van der Waals surface area contributed by atoms with E-state index >= 15 is 0 Å². The average molecular weight is 589 g/mol. The van der Waals surface area contributed by atoms with Crippen LogP contribution in [0.4, 0.5) is 0 Å². The summed E-state index contributed by atoms with van der Waals surface area (Å²) in [7, 11) is 0. The highest BCUT2D eigenvalue weighted by Gasteiger charge is 2.10. The lowest BCUT2D eigenvalue weighted by molar-refractivity contribution is 0.535. The Morgan fingerprint density at radius 3 is 0.800 bits per heavy atom. The fourth-order valence-corrected chi connectivity index (χ4v) is 8.81. The van der Waals surface area contributed by atoms with E-state index < -0.39 is 0 Å². The molecule has 0 saturated heterocycles. The van der Waals surface area contributed by atoms with Gasteiger partial charge in [0.25, 0.3) is 0 Å². The van der Waals surface area contributed by atoms with Gasteiger partial charge < -0.3 is 0 Å². The summed E-state index contributed by atoms with van der Waals surface area (Å²) in [6.45, 7) is 4.61. The van der Waals surface area contributed by atoms with Gasteiger partial charge in [0.15, 0.2) is 0 Å². The Balaban J connectivity index is 1.40. The molecule has 40 heavy (non-hydrogen) atoms. The first-order chi connectivity index (χ1) is 19.9. The molecule has 0 aromatic carbocycles. The molecule has 0 aliphatic rings. The molecule has 2 rings (SSSR count). The number of fused-ring (bicyclic) bond motifs is 1. The monoisotopic (exact) mass is 588 g/mol. The Kier molecular flexibility index (Phi) is 23.6. The maximum absolute atomic E-state index is 2.48. The molecule has 0 radical (unpaired) electrons. The number of rotatable bonds is 30. The maximum atomic E-state index is 2.48. The molecule has 2 aromatic rings. The fourth-order valence-electron chi connectivity index (χ4n) is 6.28. The van der Waals surface area contributed by atoms with Crippen LogP contribution in [0, 0.1) is 0 Å². The highest BCUT2D eigenvalue weighted by molar-refractivity contribution is 7.26. The van der Waals surface area contributed by atoms with Gasteiger partial charge in [-0.25, -0.2) is 0 Å². The van der Waals surface area contributed by atoms with Crippen LogP contribution in [-0.2, 0) is 12.8 Å². The van der Waals surface area contributed by atoms with Crippen molar-refractivity contribution in [3.8, 4) is 0 Å². The van der Waals surface area contributed by atoms with Gasteiger partial charge in [0.1, 0.15) is 0 Å². The van der Waals surface area contributed by atoms with E-state index in [0.717, 1.165) is 0 Å². The van der Waals surface area contributed by atoms with Crippen LogP contribution < -0.4 is 0 Å². The Morgan fingerprint density at radius 1 is 0.325 bits per heavy atom. The van der Waals surface area contributed by atoms with Crippen molar-refractivity contribution in [2.24, 2.45) is 0 Å². The standard InChI is InChI=1S/C38H68S2/c1-3-5-7-9-11-13-15-17-19-21-23-25-27-29-31-35-33-39-38-36(34-40-37(35)38)32-30-28-26-24-22-20-18-16-14-12-10-8-6-4-2/h33-34H,3-32H2,1-2H3. The van der Waals surface area contributed by atoms with Gasteiger partial charge in [0.2, 0.25) is 0 Å². The van der Waals surface area contributed by atoms with E-state index in [2.05, 4.69) is 24.6 Å². The zero-order valence-electron chi connectivity index (χ0n) is 27.2. The van der Waals surface area contributed by atoms with E-state index in [-0.39, 0.29) is 0 Å². The van der Waals surface area contributed by atoms with Gasteiger partial charge in [0.05, 0.1) is 0 Å². The SMILES string of the molecule is CCCCCCCCCCCCCCCCc1csc2c(CCCCCCCCCCCCCCCC)csc12. The molecule has 0 amide bonds. The quantitative estimate of drug-likeness (QED) is 0.0796. The Hall–Kier alpha value is -0.340. The molecule has 2 heterocycles.